The van der Waals surface area contributed by atoms with Crippen LogP contribution in [-0.2, 0) is 16.1 Å². The van der Waals surface area contributed by atoms with Gasteiger partial charge in [0.15, 0.2) is 0 Å². The molecule has 0 bridgehead atoms. The normalized spacial score (nSPS) is 12.4. The van der Waals surface area contributed by atoms with E-state index in [2.05, 4.69) is 22.4 Å². The number of pyridine rings is 1. The maximum atomic E-state index is 12.5. The summed E-state index contributed by atoms with van der Waals surface area (Å²) >= 11 is 0. The van der Waals surface area contributed by atoms with Gasteiger partial charge in [-0.05, 0) is 41.5 Å². The predicted molar refractivity (Wildman–Crippen MR) is 122 cm³/mol. The monoisotopic (exact) mass is 415 g/mol. The van der Waals surface area contributed by atoms with Gasteiger partial charge in [-0.3, -0.25) is 9.78 Å². The number of fused-ring (bicyclic) bond motifs is 2. The molecule has 6 nitrogen and oxygen atoms in total. The number of aliphatic carboxylic acids is 1. The summed E-state index contributed by atoms with van der Waals surface area (Å²) < 4.78 is 1.84. The number of hydrogen-bond acceptors (Lipinski definition) is 3. The fourth-order valence-corrected chi connectivity index (χ4v) is 3.94. The Bertz CT molecular complexity index is 1250. The highest BCUT2D eigenvalue weighted by atomic mass is 16.4. The molecular formula is C25H25N3O3. The Morgan fingerprint density at radius 2 is 1.87 bits per heavy atom. The number of hydrogen-bond donors (Lipinski definition) is 2. The first-order valence-corrected chi connectivity index (χ1v) is 10.4. The summed E-state index contributed by atoms with van der Waals surface area (Å²) in [6.07, 6.45) is 5.98. The molecule has 1 amide bonds. The number of benzene rings is 2. The van der Waals surface area contributed by atoms with Gasteiger partial charge in [0.05, 0.1) is 0 Å². The quantitative estimate of drug-likeness (QED) is 0.466. The van der Waals surface area contributed by atoms with Crippen molar-refractivity contribution in [2.45, 2.75) is 32.9 Å². The number of carbonyl (C=O) groups is 2. The molecule has 31 heavy (non-hydrogen) atoms. The van der Waals surface area contributed by atoms with Gasteiger partial charge in [-0.15, -0.1) is 0 Å². The zero-order chi connectivity index (χ0) is 22.0. The molecule has 2 aromatic carbocycles. The van der Waals surface area contributed by atoms with Gasteiger partial charge in [0.2, 0.25) is 5.91 Å². The molecule has 0 spiro atoms. The molecular weight excluding hydrogens is 390 g/mol. The number of nitrogens with zero attached hydrogens (tertiary/aromatic N) is 2. The van der Waals surface area contributed by atoms with Crippen molar-refractivity contribution in [1.29, 1.82) is 0 Å². The van der Waals surface area contributed by atoms with Gasteiger partial charge in [0.1, 0.15) is 12.6 Å². The lowest BCUT2D eigenvalue weighted by Crippen LogP contribution is -2.43. The maximum Gasteiger partial charge on any atom is 0.326 e. The molecule has 0 saturated heterocycles. The Hall–Kier alpha value is -3.67. The van der Waals surface area contributed by atoms with Crippen LogP contribution in [0.2, 0.25) is 0 Å². The van der Waals surface area contributed by atoms with Crippen LogP contribution in [0, 0.1) is 5.92 Å². The Morgan fingerprint density at radius 1 is 1.06 bits per heavy atom. The molecule has 0 radical (unpaired) electrons. The highest BCUT2D eigenvalue weighted by Gasteiger charge is 2.21. The molecule has 4 rings (SSSR count). The van der Waals surface area contributed by atoms with Crippen LogP contribution in [0.15, 0.2) is 67.1 Å². The third-order valence-corrected chi connectivity index (χ3v) is 5.40. The number of carbonyl (C=O) groups excluding carboxylic acids is 1. The molecule has 0 aliphatic carbocycles. The molecule has 6 heteroatoms. The highest BCUT2D eigenvalue weighted by molar-refractivity contribution is 5.98. The van der Waals surface area contributed by atoms with Crippen molar-refractivity contribution in [2.75, 3.05) is 0 Å². The zero-order valence-electron chi connectivity index (χ0n) is 17.6. The Labute approximate surface area is 180 Å². The molecule has 1 atom stereocenters. The topological polar surface area (TPSA) is 84.2 Å². The highest BCUT2D eigenvalue weighted by Crippen LogP contribution is 2.30. The predicted octanol–water partition coefficient (Wildman–Crippen LogP) is 4.47. The van der Waals surface area contributed by atoms with Gasteiger partial charge in [-0.1, -0.05) is 44.2 Å². The van der Waals surface area contributed by atoms with Crippen molar-refractivity contribution in [3.63, 3.8) is 0 Å². The van der Waals surface area contributed by atoms with E-state index >= 15 is 0 Å². The van der Waals surface area contributed by atoms with E-state index in [-0.39, 0.29) is 18.4 Å². The Balaban J connectivity index is 1.58. The number of rotatable bonds is 7. The lowest BCUT2D eigenvalue weighted by atomic mass is 10.00. The van der Waals surface area contributed by atoms with Crippen LogP contribution in [0.3, 0.4) is 0 Å². The second kappa shape index (κ2) is 8.60. The minimum Gasteiger partial charge on any atom is -0.480 e. The van der Waals surface area contributed by atoms with Gasteiger partial charge in [-0.25, -0.2) is 4.79 Å². The molecule has 0 unspecified atom stereocenters. The van der Waals surface area contributed by atoms with Crippen LogP contribution in [-0.4, -0.2) is 32.6 Å². The Kier molecular flexibility index (Phi) is 5.71. The van der Waals surface area contributed by atoms with Crippen LogP contribution < -0.4 is 5.32 Å². The van der Waals surface area contributed by atoms with E-state index in [0.717, 1.165) is 32.8 Å². The second-order valence-electron chi connectivity index (χ2n) is 8.21. The summed E-state index contributed by atoms with van der Waals surface area (Å²) in [6, 6.07) is 15.3. The summed E-state index contributed by atoms with van der Waals surface area (Å²) in [7, 11) is 0. The van der Waals surface area contributed by atoms with Crippen LogP contribution in [0.1, 0.15) is 20.3 Å². The van der Waals surface area contributed by atoms with Crippen LogP contribution in [0.4, 0.5) is 0 Å². The summed E-state index contributed by atoms with van der Waals surface area (Å²) in [6.45, 7) is 3.94. The van der Waals surface area contributed by atoms with Gasteiger partial charge < -0.3 is 15.0 Å². The number of nitrogens with one attached hydrogen (secondary N) is 1. The molecule has 2 N–H and O–H groups in total. The summed E-state index contributed by atoms with van der Waals surface area (Å²) in [5, 5.41) is 15.2. The first-order chi connectivity index (χ1) is 14.9. The molecule has 158 valence electrons. The third kappa shape index (κ3) is 4.43. The average molecular weight is 415 g/mol. The first-order valence-electron chi connectivity index (χ1n) is 10.4. The SMILES string of the molecule is CC(C)C[C@H](NC(=O)Cn1ccc2cc(-c3cncc4ccccc34)ccc21)C(=O)O. The largest absolute Gasteiger partial charge is 0.480 e. The number of carboxylic acid groups (broad SMARTS) is 1. The van der Waals surface area contributed by atoms with E-state index in [1.807, 2.05) is 73.4 Å². The van der Waals surface area contributed by atoms with E-state index in [9.17, 15) is 14.7 Å². The van der Waals surface area contributed by atoms with Crippen LogP contribution >= 0.6 is 0 Å². The molecule has 0 aliphatic heterocycles. The Morgan fingerprint density at radius 3 is 2.65 bits per heavy atom. The molecule has 0 fully saturated rings. The minimum atomic E-state index is -1.01. The summed E-state index contributed by atoms with van der Waals surface area (Å²) in [4.78, 5) is 28.3. The first kappa shape index (κ1) is 20.6. The molecule has 2 aromatic heterocycles. The minimum absolute atomic E-state index is 0.0700. The van der Waals surface area contributed by atoms with Crippen molar-refractivity contribution in [3.8, 4) is 11.1 Å². The fourth-order valence-electron chi connectivity index (χ4n) is 3.94. The third-order valence-electron chi connectivity index (χ3n) is 5.40. The molecule has 2 heterocycles. The second-order valence-corrected chi connectivity index (χ2v) is 8.21. The van der Waals surface area contributed by atoms with E-state index in [1.165, 1.54) is 0 Å². The molecule has 0 saturated carbocycles. The maximum absolute atomic E-state index is 12.5. The van der Waals surface area contributed by atoms with E-state index in [1.54, 1.807) is 0 Å². The van der Waals surface area contributed by atoms with Gasteiger partial charge in [0, 0.05) is 40.4 Å². The van der Waals surface area contributed by atoms with Crippen molar-refractivity contribution in [3.05, 3.63) is 67.1 Å². The number of amides is 1. The number of aromatic nitrogens is 2. The van der Waals surface area contributed by atoms with Crippen molar-refractivity contribution >= 4 is 33.6 Å². The van der Waals surface area contributed by atoms with Crippen LogP contribution in [0.5, 0.6) is 0 Å². The van der Waals surface area contributed by atoms with Crippen molar-refractivity contribution in [1.82, 2.24) is 14.9 Å². The van der Waals surface area contributed by atoms with E-state index in [4.69, 9.17) is 0 Å². The standard InChI is InChI=1S/C25H25N3O3/c1-16(2)11-22(25(30)31)27-24(29)15-28-10-9-18-12-17(7-8-23(18)28)21-14-26-13-19-5-3-4-6-20(19)21/h3-10,12-14,16,22H,11,15H2,1-2H3,(H,27,29)(H,30,31)/t22-/m0/s1. The molecule has 0 aliphatic rings. The molecule has 4 aromatic rings. The van der Waals surface area contributed by atoms with Crippen molar-refractivity contribution < 1.29 is 14.7 Å². The summed E-state index contributed by atoms with van der Waals surface area (Å²) in [5.41, 5.74) is 3.04. The average Bonchev–Trinajstić information content (AvgIpc) is 3.14. The van der Waals surface area contributed by atoms with Crippen LogP contribution in [0.25, 0.3) is 32.8 Å². The van der Waals surface area contributed by atoms with Gasteiger partial charge in [0.25, 0.3) is 0 Å². The number of carboxylic acids is 1. The smallest absolute Gasteiger partial charge is 0.326 e. The van der Waals surface area contributed by atoms with Gasteiger partial charge >= 0.3 is 5.97 Å². The van der Waals surface area contributed by atoms with Gasteiger partial charge in [-0.2, -0.15) is 0 Å². The summed E-state index contributed by atoms with van der Waals surface area (Å²) in [5.74, 6) is -1.14. The van der Waals surface area contributed by atoms with E-state index < -0.39 is 12.0 Å². The lowest BCUT2D eigenvalue weighted by Gasteiger charge is -2.17. The fraction of sp³-hybridized carbons (Fsp3) is 0.240. The lowest BCUT2D eigenvalue weighted by molar-refractivity contribution is -0.142. The van der Waals surface area contributed by atoms with Crippen molar-refractivity contribution in [2.24, 2.45) is 5.92 Å². The van der Waals surface area contributed by atoms with E-state index in [0.29, 0.717) is 6.42 Å². The zero-order valence-corrected chi connectivity index (χ0v) is 17.6.